The fourth-order valence-electron chi connectivity index (χ4n) is 2.40. The van der Waals surface area contributed by atoms with Crippen molar-refractivity contribution in [3.8, 4) is 0 Å². The molecule has 1 aliphatic carbocycles. The molecule has 0 unspecified atom stereocenters. The number of rotatable bonds is 7. The fourth-order valence-corrected chi connectivity index (χ4v) is 2.40. The smallest absolute Gasteiger partial charge is 0.253 e. The van der Waals surface area contributed by atoms with Crippen molar-refractivity contribution < 1.29 is 9.59 Å². The van der Waals surface area contributed by atoms with E-state index in [-0.39, 0.29) is 24.2 Å². The highest BCUT2D eigenvalue weighted by molar-refractivity contribution is 6.03. The van der Waals surface area contributed by atoms with Gasteiger partial charge in [-0.05, 0) is 24.5 Å². The van der Waals surface area contributed by atoms with Crippen molar-refractivity contribution in [3.63, 3.8) is 0 Å². The molecule has 0 saturated heterocycles. The Morgan fingerprint density at radius 3 is 2.59 bits per heavy atom. The molecule has 1 fully saturated rings. The Labute approximate surface area is 137 Å². The van der Waals surface area contributed by atoms with E-state index in [1.807, 2.05) is 0 Å². The number of halogens is 1. The van der Waals surface area contributed by atoms with Crippen LogP contribution in [0.5, 0.6) is 0 Å². The van der Waals surface area contributed by atoms with Crippen LogP contribution in [0.15, 0.2) is 24.3 Å². The van der Waals surface area contributed by atoms with Crippen LogP contribution >= 0.6 is 12.4 Å². The molecule has 22 heavy (non-hydrogen) atoms. The number of hydrogen-bond acceptors (Lipinski definition) is 3. The molecule has 2 rings (SSSR count). The summed E-state index contributed by atoms with van der Waals surface area (Å²) in [5.74, 6) is 0.468. The number of nitrogens with two attached hydrogens (primary N) is 1. The van der Waals surface area contributed by atoms with E-state index in [9.17, 15) is 9.59 Å². The van der Waals surface area contributed by atoms with Gasteiger partial charge in [0, 0.05) is 19.5 Å². The maximum Gasteiger partial charge on any atom is 0.253 e. The summed E-state index contributed by atoms with van der Waals surface area (Å²) in [7, 11) is 0. The molecule has 1 aromatic carbocycles. The Balaban J connectivity index is 0.00000242. The van der Waals surface area contributed by atoms with Gasteiger partial charge in [-0.1, -0.05) is 31.4 Å². The van der Waals surface area contributed by atoms with E-state index in [1.165, 1.54) is 19.3 Å². The van der Waals surface area contributed by atoms with E-state index in [0.29, 0.717) is 36.7 Å². The Morgan fingerprint density at radius 1 is 1.23 bits per heavy atom. The van der Waals surface area contributed by atoms with Crippen molar-refractivity contribution in [3.05, 3.63) is 29.8 Å². The summed E-state index contributed by atoms with van der Waals surface area (Å²) >= 11 is 0. The fraction of sp³-hybridized carbons (Fsp3) is 0.500. The van der Waals surface area contributed by atoms with E-state index in [1.54, 1.807) is 24.3 Å². The second-order valence-corrected chi connectivity index (χ2v) is 5.47. The number of hydrogen-bond donors (Lipinski definition) is 3. The van der Waals surface area contributed by atoms with Gasteiger partial charge in [-0.3, -0.25) is 9.59 Å². The summed E-state index contributed by atoms with van der Waals surface area (Å²) in [6.45, 7) is 0.810. The number of para-hydroxylation sites is 1. The van der Waals surface area contributed by atoms with Crippen LogP contribution in [0.1, 0.15) is 42.5 Å². The van der Waals surface area contributed by atoms with Gasteiger partial charge >= 0.3 is 0 Å². The van der Waals surface area contributed by atoms with Gasteiger partial charge in [0.1, 0.15) is 0 Å². The molecule has 122 valence electrons. The van der Waals surface area contributed by atoms with Crippen molar-refractivity contribution in [1.29, 1.82) is 0 Å². The van der Waals surface area contributed by atoms with Crippen molar-refractivity contribution in [1.82, 2.24) is 5.32 Å². The lowest BCUT2D eigenvalue weighted by atomic mass is 9.82. The number of benzene rings is 1. The van der Waals surface area contributed by atoms with E-state index < -0.39 is 0 Å². The van der Waals surface area contributed by atoms with E-state index in [0.717, 1.165) is 6.42 Å². The largest absolute Gasteiger partial charge is 0.351 e. The predicted octanol–water partition coefficient (Wildman–Crippen LogP) is 2.32. The highest BCUT2D eigenvalue weighted by atomic mass is 35.5. The van der Waals surface area contributed by atoms with Gasteiger partial charge in [0.2, 0.25) is 5.91 Å². The summed E-state index contributed by atoms with van der Waals surface area (Å²) in [6, 6.07) is 7.04. The van der Waals surface area contributed by atoms with Gasteiger partial charge in [-0.2, -0.15) is 0 Å². The SMILES string of the molecule is Cl.NCCNC(=O)c1ccccc1NC(=O)CCC1CCC1. The Morgan fingerprint density at radius 2 is 1.95 bits per heavy atom. The summed E-state index contributed by atoms with van der Waals surface area (Å²) in [4.78, 5) is 24.0. The molecular formula is C16H24ClN3O2. The van der Waals surface area contributed by atoms with Crippen LogP contribution in [-0.4, -0.2) is 24.9 Å². The lowest BCUT2D eigenvalue weighted by molar-refractivity contribution is -0.116. The van der Waals surface area contributed by atoms with Crippen molar-refractivity contribution in [2.75, 3.05) is 18.4 Å². The van der Waals surface area contributed by atoms with E-state index in [4.69, 9.17) is 5.73 Å². The highest BCUT2D eigenvalue weighted by Crippen LogP contribution is 2.30. The molecule has 5 nitrogen and oxygen atoms in total. The minimum atomic E-state index is -0.213. The molecule has 2 amide bonds. The van der Waals surface area contributed by atoms with Crippen LogP contribution in [0.4, 0.5) is 5.69 Å². The summed E-state index contributed by atoms with van der Waals surface area (Å²) in [5, 5.41) is 5.56. The van der Waals surface area contributed by atoms with E-state index in [2.05, 4.69) is 10.6 Å². The Hall–Kier alpha value is -1.59. The molecule has 1 saturated carbocycles. The Kier molecular flexibility index (Phi) is 7.91. The zero-order valence-corrected chi connectivity index (χ0v) is 13.5. The first-order valence-electron chi connectivity index (χ1n) is 7.58. The number of carbonyl (C=O) groups is 2. The van der Waals surface area contributed by atoms with Crippen LogP contribution in [0.25, 0.3) is 0 Å². The standard InChI is InChI=1S/C16H23N3O2.ClH/c17-10-11-18-16(21)13-6-1-2-7-14(13)19-15(20)9-8-12-4-3-5-12;/h1-2,6-7,12H,3-5,8-11,17H2,(H,18,21)(H,19,20);1H. The first-order valence-corrected chi connectivity index (χ1v) is 7.58. The average molecular weight is 326 g/mol. The summed E-state index contributed by atoms with van der Waals surface area (Å²) < 4.78 is 0. The number of anilines is 1. The van der Waals surface area contributed by atoms with Gasteiger partial charge in [-0.15, -0.1) is 12.4 Å². The summed E-state index contributed by atoms with van der Waals surface area (Å²) in [5.41, 5.74) is 6.41. The molecule has 0 atom stereocenters. The van der Waals surface area contributed by atoms with Gasteiger partial charge in [0.25, 0.3) is 5.91 Å². The lowest BCUT2D eigenvalue weighted by Crippen LogP contribution is -2.30. The molecule has 1 aromatic rings. The maximum absolute atomic E-state index is 12.0. The first kappa shape index (κ1) is 18.5. The van der Waals surface area contributed by atoms with Gasteiger partial charge in [0.05, 0.1) is 11.3 Å². The third-order valence-electron chi connectivity index (χ3n) is 3.88. The van der Waals surface area contributed by atoms with Crippen molar-refractivity contribution in [2.24, 2.45) is 11.7 Å². The number of carbonyl (C=O) groups excluding carboxylic acids is 2. The monoisotopic (exact) mass is 325 g/mol. The van der Waals surface area contributed by atoms with Gasteiger partial charge < -0.3 is 16.4 Å². The quantitative estimate of drug-likeness (QED) is 0.719. The van der Waals surface area contributed by atoms with Crippen LogP contribution in [0.2, 0.25) is 0 Å². The topological polar surface area (TPSA) is 84.2 Å². The molecule has 0 aromatic heterocycles. The molecule has 0 bridgehead atoms. The zero-order chi connectivity index (χ0) is 15.1. The van der Waals surface area contributed by atoms with E-state index >= 15 is 0 Å². The third kappa shape index (κ3) is 5.31. The Bertz CT molecular complexity index is 504. The van der Waals surface area contributed by atoms with Gasteiger partial charge in [0.15, 0.2) is 0 Å². The lowest BCUT2D eigenvalue weighted by Gasteiger charge is -2.24. The second kappa shape index (κ2) is 9.43. The third-order valence-corrected chi connectivity index (χ3v) is 3.88. The second-order valence-electron chi connectivity index (χ2n) is 5.47. The molecule has 4 N–H and O–H groups in total. The molecule has 0 spiro atoms. The van der Waals surface area contributed by atoms with Gasteiger partial charge in [-0.25, -0.2) is 0 Å². The molecule has 0 heterocycles. The van der Waals surface area contributed by atoms with Crippen molar-refractivity contribution >= 4 is 29.9 Å². The molecule has 0 aliphatic heterocycles. The number of nitrogens with one attached hydrogen (secondary N) is 2. The molecule has 1 aliphatic rings. The maximum atomic E-state index is 12.0. The normalized spacial score (nSPS) is 13.7. The highest BCUT2D eigenvalue weighted by Gasteiger charge is 2.19. The van der Waals surface area contributed by atoms with Crippen LogP contribution in [-0.2, 0) is 4.79 Å². The van der Waals surface area contributed by atoms with Crippen molar-refractivity contribution in [2.45, 2.75) is 32.1 Å². The van der Waals surface area contributed by atoms with Crippen LogP contribution in [0, 0.1) is 5.92 Å². The molecule has 6 heteroatoms. The first-order chi connectivity index (χ1) is 10.2. The van der Waals surface area contributed by atoms with Crippen LogP contribution < -0.4 is 16.4 Å². The zero-order valence-electron chi connectivity index (χ0n) is 12.6. The van der Waals surface area contributed by atoms with Crippen LogP contribution in [0.3, 0.4) is 0 Å². The molecule has 0 radical (unpaired) electrons. The molecular weight excluding hydrogens is 302 g/mol. The number of amides is 2. The minimum absolute atomic E-state index is 0. The summed E-state index contributed by atoms with van der Waals surface area (Å²) in [6.07, 6.45) is 5.23. The average Bonchev–Trinajstić information content (AvgIpc) is 2.43. The predicted molar refractivity (Wildman–Crippen MR) is 90.3 cm³/mol. The minimum Gasteiger partial charge on any atom is -0.351 e.